The van der Waals surface area contributed by atoms with Crippen LogP contribution in [0.15, 0.2) is 35.8 Å². The first-order valence-electron chi connectivity index (χ1n) is 6.50. The summed E-state index contributed by atoms with van der Waals surface area (Å²) in [6.07, 6.45) is 4.02. The van der Waals surface area contributed by atoms with Crippen LogP contribution in [0.3, 0.4) is 0 Å². The Balaban J connectivity index is 1.82. The minimum atomic E-state index is 0.126. The summed E-state index contributed by atoms with van der Waals surface area (Å²) in [5.41, 5.74) is 1.90. The summed E-state index contributed by atoms with van der Waals surface area (Å²) in [4.78, 5) is 18.9. The van der Waals surface area contributed by atoms with Gasteiger partial charge < -0.3 is 4.90 Å². The molecule has 0 unspecified atom stereocenters. The highest BCUT2D eigenvalue weighted by atomic mass is 32.1. The number of amides is 1. The van der Waals surface area contributed by atoms with Gasteiger partial charge in [0.2, 0.25) is 0 Å². The topological polar surface area (TPSA) is 33.2 Å². The van der Waals surface area contributed by atoms with Crippen LogP contribution < -0.4 is 0 Å². The van der Waals surface area contributed by atoms with Crippen molar-refractivity contribution in [2.45, 2.75) is 32.4 Å². The molecule has 1 aromatic carbocycles. The predicted molar refractivity (Wildman–Crippen MR) is 76.2 cm³/mol. The van der Waals surface area contributed by atoms with Crippen molar-refractivity contribution in [1.82, 2.24) is 9.88 Å². The fourth-order valence-electron chi connectivity index (χ4n) is 2.17. The monoisotopic (exact) mass is 272 g/mol. The zero-order valence-corrected chi connectivity index (χ0v) is 11.7. The van der Waals surface area contributed by atoms with E-state index in [-0.39, 0.29) is 5.91 Å². The predicted octanol–water partition coefficient (Wildman–Crippen LogP) is 3.26. The van der Waals surface area contributed by atoms with E-state index in [0.717, 1.165) is 29.0 Å². The van der Waals surface area contributed by atoms with E-state index in [0.29, 0.717) is 12.6 Å². The number of hydrogen-bond acceptors (Lipinski definition) is 3. The molecule has 0 N–H and O–H groups in total. The minimum Gasteiger partial charge on any atom is -0.329 e. The molecule has 3 rings (SSSR count). The Labute approximate surface area is 116 Å². The van der Waals surface area contributed by atoms with Gasteiger partial charge in [0.1, 0.15) is 5.01 Å². The second-order valence-electron chi connectivity index (χ2n) is 4.96. The molecule has 1 aliphatic rings. The van der Waals surface area contributed by atoms with Crippen molar-refractivity contribution in [3.8, 4) is 0 Å². The van der Waals surface area contributed by atoms with Crippen LogP contribution in [0.4, 0.5) is 0 Å². The first kappa shape index (κ1) is 12.4. The van der Waals surface area contributed by atoms with Crippen LogP contribution in [-0.2, 0) is 6.54 Å². The summed E-state index contributed by atoms with van der Waals surface area (Å²) in [7, 11) is 0. The number of aromatic nitrogens is 1. The molecule has 0 aliphatic heterocycles. The molecule has 0 saturated heterocycles. The Bertz CT molecular complexity index is 576. The molecule has 1 aliphatic carbocycles. The van der Waals surface area contributed by atoms with Crippen molar-refractivity contribution in [3.63, 3.8) is 0 Å². The van der Waals surface area contributed by atoms with E-state index < -0.39 is 0 Å². The standard InChI is InChI=1S/C15H16N2OS/c1-11-3-2-4-12(9-11)15(18)17(13-5-6-13)10-14-16-7-8-19-14/h2-4,7-9,13H,5-6,10H2,1H3. The molecule has 0 spiro atoms. The molecule has 0 atom stereocenters. The van der Waals surface area contributed by atoms with Gasteiger partial charge in [-0.3, -0.25) is 4.79 Å². The van der Waals surface area contributed by atoms with E-state index >= 15 is 0 Å². The molecular weight excluding hydrogens is 256 g/mol. The van der Waals surface area contributed by atoms with Crippen LogP contribution in [0, 0.1) is 6.92 Å². The number of hydrogen-bond donors (Lipinski definition) is 0. The number of rotatable bonds is 4. The molecular formula is C15H16N2OS. The third kappa shape index (κ3) is 2.84. The van der Waals surface area contributed by atoms with Gasteiger partial charge in [0.05, 0.1) is 6.54 Å². The number of thiazole rings is 1. The lowest BCUT2D eigenvalue weighted by Crippen LogP contribution is -2.32. The number of carbonyl (C=O) groups is 1. The maximum absolute atomic E-state index is 12.6. The highest BCUT2D eigenvalue weighted by Crippen LogP contribution is 2.30. The Hall–Kier alpha value is -1.68. The number of carbonyl (C=O) groups excluding carboxylic acids is 1. The third-order valence-corrected chi connectivity index (χ3v) is 4.07. The van der Waals surface area contributed by atoms with Crippen LogP contribution in [0.25, 0.3) is 0 Å². The van der Waals surface area contributed by atoms with E-state index in [4.69, 9.17) is 0 Å². The quantitative estimate of drug-likeness (QED) is 0.856. The lowest BCUT2D eigenvalue weighted by atomic mass is 10.1. The number of aryl methyl sites for hydroxylation is 1. The largest absolute Gasteiger partial charge is 0.329 e. The molecule has 19 heavy (non-hydrogen) atoms. The first-order chi connectivity index (χ1) is 9.24. The van der Waals surface area contributed by atoms with Crippen molar-refractivity contribution in [1.29, 1.82) is 0 Å². The Morgan fingerprint density at radius 1 is 1.47 bits per heavy atom. The second kappa shape index (κ2) is 5.13. The van der Waals surface area contributed by atoms with Crippen LogP contribution in [0.2, 0.25) is 0 Å². The average molecular weight is 272 g/mol. The summed E-state index contributed by atoms with van der Waals surface area (Å²) in [6.45, 7) is 2.65. The molecule has 1 amide bonds. The SMILES string of the molecule is Cc1cccc(C(=O)N(Cc2nccs2)C2CC2)c1. The molecule has 1 aromatic heterocycles. The molecule has 98 valence electrons. The average Bonchev–Trinajstić information content (AvgIpc) is 3.12. The Morgan fingerprint density at radius 2 is 2.32 bits per heavy atom. The minimum absolute atomic E-state index is 0.126. The lowest BCUT2D eigenvalue weighted by molar-refractivity contribution is 0.0729. The van der Waals surface area contributed by atoms with Crippen molar-refractivity contribution in [2.75, 3.05) is 0 Å². The fraction of sp³-hybridized carbons (Fsp3) is 0.333. The highest BCUT2D eigenvalue weighted by Gasteiger charge is 2.33. The van der Waals surface area contributed by atoms with Gasteiger partial charge in [-0.15, -0.1) is 11.3 Å². The molecule has 0 radical (unpaired) electrons. The Morgan fingerprint density at radius 3 is 2.95 bits per heavy atom. The van der Waals surface area contributed by atoms with E-state index in [9.17, 15) is 4.79 Å². The summed E-state index contributed by atoms with van der Waals surface area (Å²) < 4.78 is 0. The Kier molecular flexibility index (Phi) is 3.34. The van der Waals surface area contributed by atoms with Crippen LogP contribution in [-0.4, -0.2) is 21.8 Å². The summed E-state index contributed by atoms with van der Waals surface area (Å²) in [6, 6.07) is 8.21. The van der Waals surface area contributed by atoms with E-state index in [1.54, 1.807) is 17.5 Å². The van der Waals surface area contributed by atoms with Crippen molar-refractivity contribution >= 4 is 17.2 Å². The van der Waals surface area contributed by atoms with Crippen LogP contribution in [0.1, 0.15) is 33.8 Å². The van der Waals surface area contributed by atoms with Gasteiger partial charge in [-0.25, -0.2) is 4.98 Å². The van der Waals surface area contributed by atoms with Gasteiger partial charge in [-0.1, -0.05) is 17.7 Å². The number of benzene rings is 1. The smallest absolute Gasteiger partial charge is 0.254 e. The van der Waals surface area contributed by atoms with Gasteiger partial charge in [0.25, 0.3) is 5.91 Å². The first-order valence-corrected chi connectivity index (χ1v) is 7.38. The molecule has 0 bridgehead atoms. The van der Waals surface area contributed by atoms with Gasteiger partial charge in [-0.2, -0.15) is 0 Å². The third-order valence-electron chi connectivity index (χ3n) is 3.30. The highest BCUT2D eigenvalue weighted by molar-refractivity contribution is 7.09. The second-order valence-corrected chi connectivity index (χ2v) is 5.94. The number of nitrogens with zero attached hydrogens (tertiary/aromatic N) is 2. The zero-order valence-electron chi connectivity index (χ0n) is 10.9. The summed E-state index contributed by atoms with van der Waals surface area (Å²) in [5.74, 6) is 0.126. The van der Waals surface area contributed by atoms with Crippen molar-refractivity contribution in [2.24, 2.45) is 0 Å². The van der Waals surface area contributed by atoms with Gasteiger partial charge in [0.15, 0.2) is 0 Å². The molecule has 1 saturated carbocycles. The maximum Gasteiger partial charge on any atom is 0.254 e. The van der Waals surface area contributed by atoms with Gasteiger partial charge in [0, 0.05) is 23.2 Å². The van der Waals surface area contributed by atoms with E-state index in [2.05, 4.69) is 4.98 Å². The lowest BCUT2D eigenvalue weighted by Gasteiger charge is -2.21. The molecule has 1 fully saturated rings. The summed E-state index contributed by atoms with van der Waals surface area (Å²) in [5, 5.41) is 2.96. The summed E-state index contributed by atoms with van der Waals surface area (Å²) >= 11 is 1.61. The van der Waals surface area contributed by atoms with Crippen LogP contribution >= 0.6 is 11.3 Å². The van der Waals surface area contributed by atoms with Crippen molar-refractivity contribution in [3.05, 3.63) is 52.0 Å². The van der Waals surface area contributed by atoms with Gasteiger partial charge in [-0.05, 0) is 31.9 Å². The normalized spacial score (nSPS) is 14.4. The van der Waals surface area contributed by atoms with Crippen LogP contribution in [0.5, 0.6) is 0 Å². The van der Waals surface area contributed by atoms with Gasteiger partial charge >= 0.3 is 0 Å². The van der Waals surface area contributed by atoms with E-state index in [1.165, 1.54) is 0 Å². The molecule has 1 heterocycles. The maximum atomic E-state index is 12.6. The van der Waals surface area contributed by atoms with Crippen molar-refractivity contribution < 1.29 is 4.79 Å². The molecule has 4 heteroatoms. The fourth-order valence-corrected chi connectivity index (χ4v) is 2.79. The molecule has 2 aromatic rings. The zero-order chi connectivity index (χ0) is 13.2. The molecule has 3 nitrogen and oxygen atoms in total. The van der Waals surface area contributed by atoms with E-state index in [1.807, 2.05) is 41.5 Å².